The number of rotatable bonds is 5. The van der Waals surface area contributed by atoms with Gasteiger partial charge in [0.15, 0.2) is 22.7 Å². The molecule has 0 radical (unpaired) electrons. The Morgan fingerprint density at radius 1 is 1.35 bits per heavy atom. The highest BCUT2D eigenvalue weighted by Crippen LogP contribution is 2.34. The van der Waals surface area contributed by atoms with Gasteiger partial charge in [0.05, 0.1) is 22.9 Å². The van der Waals surface area contributed by atoms with Gasteiger partial charge in [0.25, 0.3) is 5.56 Å². The lowest BCUT2D eigenvalue weighted by atomic mass is 10.1. The molecule has 0 aliphatic carbocycles. The van der Waals surface area contributed by atoms with Crippen LogP contribution in [0.15, 0.2) is 41.5 Å². The van der Waals surface area contributed by atoms with Crippen molar-refractivity contribution in [1.29, 1.82) is 5.26 Å². The Labute approximate surface area is 178 Å². The lowest BCUT2D eigenvalue weighted by molar-refractivity contribution is 0.347. The van der Waals surface area contributed by atoms with Crippen LogP contribution < -0.4 is 15.0 Å². The minimum atomic E-state index is -1.80. The molecule has 3 aromatic rings. The van der Waals surface area contributed by atoms with Crippen LogP contribution >= 0.6 is 0 Å². The van der Waals surface area contributed by atoms with Crippen LogP contribution in [0.2, 0.25) is 0 Å². The predicted octanol–water partition coefficient (Wildman–Crippen LogP) is 2.77. The maximum absolute atomic E-state index is 14.5. The number of anilines is 1. The molecule has 2 unspecified atom stereocenters. The van der Waals surface area contributed by atoms with Gasteiger partial charge in [0.2, 0.25) is 0 Å². The van der Waals surface area contributed by atoms with Crippen molar-refractivity contribution in [3.63, 3.8) is 0 Å². The molecule has 31 heavy (non-hydrogen) atoms. The van der Waals surface area contributed by atoms with Crippen molar-refractivity contribution in [2.75, 3.05) is 17.8 Å². The van der Waals surface area contributed by atoms with Crippen molar-refractivity contribution in [3.05, 3.63) is 58.4 Å². The Morgan fingerprint density at radius 2 is 2.16 bits per heavy atom. The first-order valence-corrected chi connectivity index (χ1v) is 10.4. The summed E-state index contributed by atoms with van der Waals surface area (Å²) in [4.78, 5) is 16.4. The molecule has 0 amide bonds. The van der Waals surface area contributed by atoms with Gasteiger partial charge in [-0.3, -0.25) is 9.52 Å². The van der Waals surface area contributed by atoms with Gasteiger partial charge in [-0.15, -0.1) is 0 Å². The summed E-state index contributed by atoms with van der Waals surface area (Å²) >= 11 is -1.80. The van der Waals surface area contributed by atoms with Crippen molar-refractivity contribution < 1.29 is 17.7 Å². The lowest BCUT2D eigenvalue weighted by Gasteiger charge is -2.17. The average molecular weight is 445 g/mol. The van der Waals surface area contributed by atoms with Crippen LogP contribution in [0.3, 0.4) is 0 Å². The summed E-state index contributed by atoms with van der Waals surface area (Å²) in [6.45, 7) is 0.305. The smallest absolute Gasteiger partial charge is 0.261 e. The molecular formula is C20H17F2N5O3S. The molecule has 1 fully saturated rings. The van der Waals surface area contributed by atoms with Gasteiger partial charge in [-0.2, -0.15) is 5.26 Å². The van der Waals surface area contributed by atoms with E-state index in [0.29, 0.717) is 12.1 Å². The zero-order valence-electron chi connectivity index (χ0n) is 16.3. The van der Waals surface area contributed by atoms with Crippen molar-refractivity contribution in [1.82, 2.24) is 13.9 Å². The summed E-state index contributed by atoms with van der Waals surface area (Å²) in [5, 5.41) is 9.87. The Hall–Kier alpha value is -3.36. The number of nitriles is 1. The number of nitrogens with zero attached hydrogens (tertiary/aromatic N) is 4. The molecule has 1 aliphatic heterocycles. The maximum atomic E-state index is 14.5. The SMILES string of the molecule is Cn1cnc2ccc(Oc3c(F)ccc(NS(=O)N4CCC(F)C4)c3C#N)cc2c1=O. The second-order valence-corrected chi connectivity index (χ2v) is 8.20. The first-order valence-electron chi connectivity index (χ1n) is 9.31. The van der Waals surface area contributed by atoms with Gasteiger partial charge < -0.3 is 9.30 Å². The topological polar surface area (TPSA) is 100 Å². The molecule has 2 heterocycles. The minimum absolute atomic E-state index is 0.00608. The number of halogens is 2. The van der Waals surface area contributed by atoms with E-state index in [2.05, 4.69) is 9.71 Å². The fourth-order valence-electron chi connectivity index (χ4n) is 3.22. The monoisotopic (exact) mass is 445 g/mol. The zero-order valence-corrected chi connectivity index (χ0v) is 17.2. The third-order valence-corrected chi connectivity index (χ3v) is 6.05. The van der Waals surface area contributed by atoms with E-state index in [4.69, 9.17) is 4.74 Å². The van der Waals surface area contributed by atoms with Gasteiger partial charge in [0.1, 0.15) is 23.6 Å². The van der Waals surface area contributed by atoms with E-state index in [1.54, 1.807) is 13.1 Å². The van der Waals surface area contributed by atoms with Gasteiger partial charge in [-0.1, -0.05) is 0 Å². The quantitative estimate of drug-likeness (QED) is 0.651. The summed E-state index contributed by atoms with van der Waals surface area (Å²) in [5.74, 6) is -1.06. The van der Waals surface area contributed by atoms with Crippen molar-refractivity contribution in [3.8, 4) is 17.6 Å². The number of hydrogen-bond donors (Lipinski definition) is 1. The average Bonchev–Trinajstić information content (AvgIpc) is 3.20. The van der Waals surface area contributed by atoms with Gasteiger partial charge in [-0.25, -0.2) is 22.3 Å². The number of benzene rings is 2. The van der Waals surface area contributed by atoms with Crippen LogP contribution in [-0.2, 0) is 18.2 Å². The third kappa shape index (κ3) is 4.12. The standard InChI is InChI=1S/C20H17F2N5O3S/c1-26-11-24-17-4-2-13(8-14(17)20(26)28)30-19-15(9-23)18(5-3-16(19)22)25-31(29)27-7-6-12(21)10-27/h2-5,8,11-12,25H,6-7,10H2,1H3. The molecule has 8 nitrogen and oxygen atoms in total. The molecule has 1 aromatic heterocycles. The van der Waals surface area contributed by atoms with E-state index in [1.807, 2.05) is 6.07 Å². The van der Waals surface area contributed by atoms with Crippen LogP contribution in [0.1, 0.15) is 12.0 Å². The summed E-state index contributed by atoms with van der Waals surface area (Å²) in [7, 11) is 1.55. The number of fused-ring (bicyclic) bond motifs is 1. The highest BCUT2D eigenvalue weighted by Gasteiger charge is 2.27. The largest absolute Gasteiger partial charge is 0.453 e. The van der Waals surface area contributed by atoms with Crippen LogP contribution in [-0.4, -0.2) is 37.3 Å². The highest BCUT2D eigenvalue weighted by atomic mass is 32.2. The molecular weight excluding hydrogens is 428 g/mol. The summed E-state index contributed by atoms with van der Waals surface area (Å²) in [5.41, 5.74) is 0.0134. The minimum Gasteiger partial charge on any atom is -0.453 e. The van der Waals surface area contributed by atoms with Gasteiger partial charge >= 0.3 is 0 Å². The van der Waals surface area contributed by atoms with Crippen LogP contribution in [0.5, 0.6) is 11.5 Å². The molecule has 1 saturated heterocycles. The number of aryl methyl sites for hydroxylation is 1. The molecule has 1 N–H and O–H groups in total. The highest BCUT2D eigenvalue weighted by molar-refractivity contribution is 7.84. The Morgan fingerprint density at radius 3 is 2.87 bits per heavy atom. The van der Waals surface area contributed by atoms with Crippen LogP contribution in [0, 0.1) is 17.1 Å². The van der Waals surface area contributed by atoms with E-state index < -0.39 is 23.2 Å². The molecule has 0 spiro atoms. The number of aromatic nitrogens is 2. The molecule has 1 aliphatic rings. The fraction of sp³-hybridized carbons (Fsp3) is 0.250. The second kappa shape index (κ2) is 8.41. The first-order chi connectivity index (χ1) is 14.9. The van der Waals surface area contributed by atoms with Crippen molar-refractivity contribution in [2.24, 2.45) is 7.05 Å². The van der Waals surface area contributed by atoms with E-state index in [-0.39, 0.29) is 46.7 Å². The number of nitrogens with one attached hydrogen (secondary N) is 1. The first kappa shape index (κ1) is 20.9. The van der Waals surface area contributed by atoms with Crippen molar-refractivity contribution >= 4 is 27.8 Å². The summed E-state index contributed by atoms with van der Waals surface area (Å²) in [6, 6.07) is 8.65. The molecule has 2 atom stereocenters. The number of alkyl halides is 1. The molecule has 160 valence electrons. The molecule has 0 bridgehead atoms. The Bertz CT molecular complexity index is 1290. The number of hydrogen-bond acceptors (Lipinski definition) is 5. The third-order valence-electron chi connectivity index (χ3n) is 4.86. The molecule has 11 heteroatoms. The van der Waals surface area contributed by atoms with E-state index in [0.717, 1.165) is 6.07 Å². The van der Waals surface area contributed by atoms with E-state index >= 15 is 0 Å². The fourth-order valence-corrected chi connectivity index (χ4v) is 4.28. The normalized spacial score (nSPS) is 17.4. The van der Waals surface area contributed by atoms with Crippen LogP contribution in [0.4, 0.5) is 14.5 Å². The van der Waals surface area contributed by atoms with E-state index in [9.17, 15) is 23.0 Å². The second-order valence-electron chi connectivity index (χ2n) is 6.98. The zero-order chi connectivity index (χ0) is 22.1. The Balaban J connectivity index is 1.67. The number of ether oxygens (including phenoxy) is 1. The molecule has 4 rings (SSSR count). The lowest BCUT2D eigenvalue weighted by Crippen LogP contribution is -2.28. The Kier molecular flexibility index (Phi) is 5.67. The van der Waals surface area contributed by atoms with Crippen LogP contribution in [0.25, 0.3) is 10.9 Å². The van der Waals surface area contributed by atoms with Crippen molar-refractivity contribution in [2.45, 2.75) is 12.6 Å². The summed E-state index contributed by atoms with van der Waals surface area (Å²) < 4.78 is 51.3. The maximum Gasteiger partial charge on any atom is 0.261 e. The van der Waals surface area contributed by atoms with E-state index in [1.165, 1.54) is 33.4 Å². The van der Waals surface area contributed by atoms with Gasteiger partial charge in [-0.05, 0) is 36.8 Å². The molecule has 2 aromatic carbocycles. The summed E-state index contributed by atoms with van der Waals surface area (Å²) in [6.07, 6.45) is 0.592. The van der Waals surface area contributed by atoms with Gasteiger partial charge in [0, 0.05) is 20.1 Å². The predicted molar refractivity (Wildman–Crippen MR) is 111 cm³/mol. The molecule has 0 saturated carbocycles.